The van der Waals surface area contributed by atoms with Gasteiger partial charge < -0.3 is 24.6 Å². The summed E-state index contributed by atoms with van der Waals surface area (Å²) in [5.74, 6) is -5.20. The summed E-state index contributed by atoms with van der Waals surface area (Å²) in [6.07, 6.45) is -7.13. The molecule has 1 saturated heterocycles. The number of alkyl halides is 1. The Labute approximate surface area is 182 Å². The van der Waals surface area contributed by atoms with E-state index in [0.29, 0.717) is 0 Å². The van der Waals surface area contributed by atoms with Gasteiger partial charge >= 0.3 is 23.9 Å². The smallest absolute Gasteiger partial charge is 0.352 e. The molecule has 0 unspecified atom stereocenters. The summed E-state index contributed by atoms with van der Waals surface area (Å²) < 4.78 is 29.0. The second-order valence-corrected chi connectivity index (χ2v) is 6.87. The van der Waals surface area contributed by atoms with E-state index in [4.69, 9.17) is 14.2 Å². The van der Waals surface area contributed by atoms with Gasteiger partial charge in [0, 0.05) is 13.1 Å². The monoisotopic (exact) mass is 445 g/mol. The van der Waals surface area contributed by atoms with Gasteiger partial charge in [0.05, 0.1) is 11.1 Å². The number of nitrogens with one attached hydrogen (secondary N) is 1. The number of halogens is 1. The largest absolute Gasteiger partial charge is 0.478 e. The van der Waals surface area contributed by atoms with Crippen molar-refractivity contribution in [3.63, 3.8) is 0 Å². The van der Waals surface area contributed by atoms with Crippen molar-refractivity contribution < 1.29 is 42.9 Å². The highest BCUT2D eigenvalue weighted by Gasteiger charge is 2.44. The minimum absolute atomic E-state index is 0.00615. The maximum atomic E-state index is 13.9. The number of benzene rings is 2. The van der Waals surface area contributed by atoms with Crippen LogP contribution in [-0.4, -0.2) is 66.6 Å². The standard InChI is InChI=1S/C22H20FNO8/c23-15-11-24-12-16(15)30-22(29)18(32-21(28)14-9-5-2-6-10-14)17(19(25)26)31-20(27)13-7-3-1-4-8-13/h1-10,15-18,24H,11-12H2,(H,25,26)/t15-,16-,17+,18+/m1/s1. The summed E-state index contributed by atoms with van der Waals surface area (Å²) in [5.41, 5.74) is 0.0406. The van der Waals surface area contributed by atoms with Gasteiger partial charge in [0.2, 0.25) is 12.2 Å². The van der Waals surface area contributed by atoms with Gasteiger partial charge in [0.15, 0.2) is 6.17 Å². The normalized spacial score (nSPS) is 19.4. The molecular weight excluding hydrogens is 425 g/mol. The van der Waals surface area contributed by atoms with Crippen molar-refractivity contribution in [1.82, 2.24) is 5.32 Å². The van der Waals surface area contributed by atoms with Crippen LogP contribution in [0.2, 0.25) is 0 Å². The summed E-state index contributed by atoms with van der Waals surface area (Å²) in [6.45, 7) is -0.0639. The minimum atomic E-state index is -2.23. The van der Waals surface area contributed by atoms with Crippen LogP contribution in [0.25, 0.3) is 0 Å². The van der Waals surface area contributed by atoms with E-state index in [2.05, 4.69) is 5.32 Å². The van der Waals surface area contributed by atoms with Crippen molar-refractivity contribution in [1.29, 1.82) is 0 Å². The minimum Gasteiger partial charge on any atom is -0.478 e. The molecule has 1 aliphatic heterocycles. The molecular formula is C22H20FNO8. The average Bonchev–Trinajstić information content (AvgIpc) is 3.20. The molecule has 9 nitrogen and oxygen atoms in total. The molecule has 3 rings (SSSR count). The van der Waals surface area contributed by atoms with Crippen LogP contribution in [-0.2, 0) is 23.8 Å². The molecule has 0 aromatic heterocycles. The van der Waals surface area contributed by atoms with Crippen LogP contribution < -0.4 is 5.32 Å². The zero-order valence-corrected chi connectivity index (χ0v) is 16.7. The lowest BCUT2D eigenvalue weighted by molar-refractivity contribution is -0.175. The van der Waals surface area contributed by atoms with Gasteiger partial charge in [-0.15, -0.1) is 0 Å². The highest BCUT2D eigenvalue weighted by Crippen LogP contribution is 2.17. The summed E-state index contributed by atoms with van der Waals surface area (Å²) in [5, 5.41) is 12.3. The molecule has 1 aliphatic rings. The first-order valence-corrected chi connectivity index (χ1v) is 9.67. The van der Waals surface area contributed by atoms with Gasteiger partial charge in [-0.05, 0) is 24.3 Å². The van der Waals surface area contributed by atoms with Gasteiger partial charge in [0.1, 0.15) is 6.10 Å². The first kappa shape index (κ1) is 22.9. The van der Waals surface area contributed by atoms with Gasteiger partial charge in [-0.1, -0.05) is 36.4 Å². The zero-order chi connectivity index (χ0) is 23.1. The van der Waals surface area contributed by atoms with Crippen LogP contribution >= 0.6 is 0 Å². The second-order valence-electron chi connectivity index (χ2n) is 6.87. The molecule has 2 N–H and O–H groups in total. The van der Waals surface area contributed by atoms with Crippen LogP contribution in [0.15, 0.2) is 60.7 Å². The van der Waals surface area contributed by atoms with Gasteiger partial charge in [0.25, 0.3) is 0 Å². The number of aliphatic carboxylic acids is 1. The van der Waals surface area contributed by atoms with E-state index >= 15 is 0 Å². The first-order valence-electron chi connectivity index (χ1n) is 9.67. The molecule has 0 aliphatic carbocycles. The zero-order valence-electron chi connectivity index (χ0n) is 16.7. The molecule has 0 amide bonds. The molecule has 0 bridgehead atoms. The molecule has 0 radical (unpaired) electrons. The second kappa shape index (κ2) is 10.5. The Bertz CT molecular complexity index is 968. The van der Waals surface area contributed by atoms with Crippen molar-refractivity contribution in [2.45, 2.75) is 24.5 Å². The Morgan fingerprint density at radius 2 is 1.34 bits per heavy atom. The molecule has 168 valence electrons. The third kappa shape index (κ3) is 5.67. The molecule has 1 heterocycles. The highest BCUT2D eigenvalue weighted by atomic mass is 19.1. The van der Waals surface area contributed by atoms with Crippen molar-refractivity contribution >= 4 is 23.9 Å². The molecule has 2 aromatic carbocycles. The molecule has 32 heavy (non-hydrogen) atoms. The van der Waals surface area contributed by atoms with Gasteiger partial charge in [-0.25, -0.2) is 23.6 Å². The fraction of sp³-hybridized carbons (Fsp3) is 0.273. The van der Waals surface area contributed by atoms with Crippen LogP contribution in [0.1, 0.15) is 20.7 Å². The molecule has 10 heteroatoms. The molecule has 1 fully saturated rings. The summed E-state index contributed by atoms with van der Waals surface area (Å²) in [7, 11) is 0. The van der Waals surface area contributed by atoms with Gasteiger partial charge in [-0.3, -0.25) is 0 Å². The molecule has 0 saturated carbocycles. The molecule has 0 spiro atoms. The fourth-order valence-corrected chi connectivity index (χ4v) is 2.94. The van der Waals surface area contributed by atoms with E-state index in [1.807, 2.05) is 0 Å². The lowest BCUT2D eigenvalue weighted by Gasteiger charge is -2.24. The summed E-state index contributed by atoms with van der Waals surface area (Å²) in [6, 6.07) is 14.9. The lowest BCUT2D eigenvalue weighted by atomic mass is 10.1. The summed E-state index contributed by atoms with van der Waals surface area (Å²) in [4.78, 5) is 49.5. The number of carboxylic acids is 1. The van der Waals surface area contributed by atoms with Crippen molar-refractivity contribution in [3.8, 4) is 0 Å². The number of esters is 3. The number of carbonyl (C=O) groups excluding carboxylic acids is 3. The first-order chi connectivity index (χ1) is 15.4. The van der Waals surface area contributed by atoms with E-state index in [1.54, 1.807) is 12.1 Å². The van der Waals surface area contributed by atoms with Crippen molar-refractivity contribution in [3.05, 3.63) is 71.8 Å². The third-order valence-corrected chi connectivity index (χ3v) is 4.59. The Morgan fingerprint density at radius 1 is 0.844 bits per heavy atom. The summed E-state index contributed by atoms with van der Waals surface area (Å²) >= 11 is 0. The van der Waals surface area contributed by atoms with Crippen LogP contribution in [0.5, 0.6) is 0 Å². The predicted molar refractivity (Wildman–Crippen MR) is 107 cm³/mol. The Kier molecular flexibility index (Phi) is 7.50. The van der Waals surface area contributed by atoms with Crippen molar-refractivity contribution in [2.75, 3.05) is 13.1 Å². The molecule has 2 aromatic rings. The highest BCUT2D eigenvalue weighted by molar-refractivity contribution is 5.95. The molecule has 4 atom stereocenters. The lowest BCUT2D eigenvalue weighted by Crippen LogP contribution is -2.48. The number of ether oxygens (including phenoxy) is 3. The van der Waals surface area contributed by atoms with E-state index in [-0.39, 0.29) is 24.2 Å². The number of carbonyl (C=O) groups is 4. The van der Waals surface area contributed by atoms with E-state index < -0.39 is 48.4 Å². The fourth-order valence-electron chi connectivity index (χ4n) is 2.94. The van der Waals surface area contributed by atoms with Crippen LogP contribution in [0, 0.1) is 0 Å². The Balaban J connectivity index is 1.85. The van der Waals surface area contributed by atoms with Crippen LogP contribution in [0.3, 0.4) is 0 Å². The number of hydrogen-bond donors (Lipinski definition) is 2. The van der Waals surface area contributed by atoms with E-state index in [0.717, 1.165) is 0 Å². The van der Waals surface area contributed by atoms with E-state index in [1.165, 1.54) is 48.5 Å². The van der Waals surface area contributed by atoms with Crippen LogP contribution in [0.4, 0.5) is 4.39 Å². The quantitative estimate of drug-likeness (QED) is 0.457. The SMILES string of the molecule is O=C(O[C@H](C(=O)O)[C@H](OC(=O)c1ccccc1)C(=O)O[C@@H]1CNC[C@H]1F)c1ccccc1. The predicted octanol–water partition coefficient (Wildman–Crippen LogP) is 1.38. The maximum absolute atomic E-state index is 13.9. The number of hydrogen-bond acceptors (Lipinski definition) is 8. The average molecular weight is 445 g/mol. The van der Waals surface area contributed by atoms with Gasteiger partial charge in [-0.2, -0.15) is 0 Å². The number of rotatable bonds is 8. The maximum Gasteiger partial charge on any atom is 0.352 e. The Hall–Kier alpha value is -3.79. The number of carboxylic acid groups (broad SMARTS) is 1. The Morgan fingerprint density at radius 3 is 1.78 bits per heavy atom. The topological polar surface area (TPSA) is 128 Å². The van der Waals surface area contributed by atoms with Crippen molar-refractivity contribution in [2.24, 2.45) is 0 Å². The van der Waals surface area contributed by atoms with E-state index in [9.17, 15) is 28.7 Å². The third-order valence-electron chi connectivity index (χ3n) is 4.59.